The largest absolute Gasteiger partial charge is 0.383 e. The monoisotopic (exact) mass is 167 g/mol. The molecule has 1 aliphatic carbocycles. The molecule has 0 radical (unpaired) electrons. The summed E-state index contributed by atoms with van der Waals surface area (Å²) in [6.45, 7) is 2.02. The highest BCUT2D eigenvalue weighted by molar-refractivity contribution is 5.97. The van der Waals surface area contributed by atoms with E-state index in [2.05, 4.69) is 0 Å². The Morgan fingerprint density at radius 2 is 2.17 bits per heavy atom. The van der Waals surface area contributed by atoms with Crippen LogP contribution in [0.2, 0.25) is 0 Å². The van der Waals surface area contributed by atoms with E-state index in [1.54, 1.807) is 0 Å². The summed E-state index contributed by atoms with van der Waals surface area (Å²) in [4.78, 5) is 13.5. The zero-order valence-corrected chi connectivity index (χ0v) is 8.13. The van der Waals surface area contributed by atoms with Gasteiger partial charge in [-0.3, -0.25) is 4.79 Å². The van der Waals surface area contributed by atoms with Crippen LogP contribution >= 0.6 is 0 Å². The molecule has 0 amide bonds. The maximum absolute atomic E-state index is 11.6. The van der Waals surface area contributed by atoms with E-state index in [9.17, 15) is 4.79 Å². The summed E-state index contributed by atoms with van der Waals surface area (Å²) >= 11 is 0. The third kappa shape index (κ3) is 2.10. The molecule has 0 aliphatic heterocycles. The maximum Gasteiger partial charge on any atom is 0.163 e. The number of Topliss-reactive ketones (excluding diaryl/α,β-unsaturated/α-hetero) is 1. The van der Waals surface area contributed by atoms with Gasteiger partial charge in [-0.2, -0.15) is 0 Å². The van der Waals surface area contributed by atoms with Crippen molar-refractivity contribution in [2.75, 3.05) is 14.1 Å². The van der Waals surface area contributed by atoms with Crippen molar-refractivity contribution in [3.05, 3.63) is 11.8 Å². The van der Waals surface area contributed by atoms with Crippen molar-refractivity contribution in [3.8, 4) is 0 Å². The summed E-state index contributed by atoms with van der Waals surface area (Å²) in [5, 5.41) is 0. The first-order chi connectivity index (χ1) is 5.61. The lowest BCUT2D eigenvalue weighted by Crippen LogP contribution is -2.20. The topological polar surface area (TPSA) is 20.3 Å². The van der Waals surface area contributed by atoms with Crippen molar-refractivity contribution >= 4 is 5.78 Å². The molecular weight excluding hydrogens is 150 g/mol. The van der Waals surface area contributed by atoms with E-state index < -0.39 is 0 Å². The van der Waals surface area contributed by atoms with Crippen LogP contribution in [0.1, 0.15) is 26.2 Å². The fourth-order valence-corrected chi connectivity index (χ4v) is 1.61. The lowest BCUT2D eigenvalue weighted by Gasteiger charge is -2.20. The quantitative estimate of drug-likeness (QED) is 0.555. The maximum atomic E-state index is 11.6. The second-order valence-electron chi connectivity index (χ2n) is 3.78. The Kier molecular flexibility index (Phi) is 2.90. The van der Waals surface area contributed by atoms with Gasteiger partial charge in [0.1, 0.15) is 0 Å². The smallest absolute Gasteiger partial charge is 0.163 e. The Bertz CT molecular complexity index is 206. The molecule has 1 atom stereocenters. The molecule has 12 heavy (non-hydrogen) atoms. The minimum Gasteiger partial charge on any atom is -0.383 e. The van der Waals surface area contributed by atoms with Crippen LogP contribution in [0, 0.1) is 5.92 Å². The third-order valence-corrected chi connectivity index (χ3v) is 2.26. The number of rotatable bonds is 1. The second-order valence-corrected chi connectivity index (χ2v) is 3.78. The normalized spacial score (nSPS) is 27.8. The molecule has 1 unspecified atom stereocenters. The van der Waals surface area contributed by atoms with Crippen LogP contribution in [0.3, 0.4) is 0 Å². The summed E-state index contributed by atoms with van der Waals surface area (Å²) in [5.41, 5.74) is 0.999. The molecule has 1 fully saturated rings. The molecular formula is C10H17NO. The van der Waals surface area contributed by atoms with E-state index in [4.69, 9.17) is 0 Å². The highest BCUT2D eigenvalue weighted by atomic mass is 16.1. The lowest BCUT2D eigenvalue weighted by molar-refractivity contribution is -0.120. The van der Waals surface area contributed by atoms with E-state index in [0.29, 0.717) is 5.78 Å². The molecule has 1 saturated carbocycles. The Morgan fingerprint density at radius 3 is 2.75 bits per heavy atom. The van der Waals surface area contributed by atoms with Gasteiger partial charge in [0.15, 0.2) is 5.78 Å². The molecule has 0 heterocycles. The van der Waals surface area contributed by atoms with Gasteiger partial charge in [-0.15, -0.1) is 0 Å². The van der Waals surface area contributed by atoms with E-state index in [0.717, 1.165) is 24.8 Å². The molecule has 0 spiro atoms. The van der Waals surface area contributed by atoms with Crippen LogP contribution in [0.25, 0.3) is 0 Å². The van der Waals surface area contributed by atoms with Crippen LogP contribution < -0.4 is 0 Å². The summed E-state index contributed by atoms with van der Waals surface area (Å²) in [7, 11) is 3.92. The van der Waals surface area contributed by atoms with Crippen LogP contribution in [0.15, 0.2) is 11.8 Å². The van der Waals surface area contributed by atoms with Gasteiger partial charge in [0, 0.05) is 31.8 Å². The standard InChI is InChI=1S/C10H17NO/c1-8-5-4-6-9(10(8)12)7-11(2)3/h7-8H,4-6H2,1-3H3/b9-7+. The van der Waals surface area contributed by atoms with E-state index in [-0.39, 0.29) is 5.92 Å². The predicted octanol–water partition coefficient (Wildman–Crippen LogP) is 1.82. The molecule has 1 aliphatic rings. The van der Waals surface area contributed by atoms with Crippen LogP contribution in [-0.4, -0.2) is 24.8 Å². The van der Waals surface area contributed by atoms with Gasteiger partial charge in [-0.05, 0) is 19.3 Å². The van der Waals surface area contributed by atoms with Gasteiger partial charge in [0.2, 0.25) is 0 Å². The Labute approximate surface area is 74.2 Å². The van der Waals surface area contributed by atoms with Crippen molar-refractivity contribution < 1.29 is 4.79 Å². The first kappa shape index (κ1) is 9.30. The van der Waals surface area contributed by atoms with Gasteiger partial charge < -0.3 is 4.90 Å². The lowest BCUT2D eigenvalue weighted by atomic mass is 9.86. The highest BCUT2D eigenvalue weighted by Gasteiger charge is 2.22. The van der Waals surface area contributed by atoms with Crippen molar-refractivity contribution in [1.82, 2.24) is 4.90 Å². The fraction of sp³-hybridized carbons (Fsp3) is 0.700. The third-order valence-electron chi connectivity index (χ3n) is 2.26. The van der Waals surface area contributed by atoms with Crippen molar-refractivity contribution in [2.45, 2.75) is 26.2 Å². The molecule has 0 aromatic rings. The molecule has 0 aromatic heterocycles. The Hall–Kier alpha value is -0.790. The average molecular weight is 167 g/mol. The summed E-state index contributed by atoms with van der Waals surface area (Å²) < 4.78 is 0. The van der Waals surface area contributed by atoms with E-state index in [1.807, 2.05) is 32.1 Å². The summed E-state index contributed by atoms with van der Waals surface area (Å²) in [6.07, 6.45) is 5.13. The molecule has 2 nitrogen and oxygen atoms in total. The summed E-state index contributed by atoms with van der Waals surface area (Å²) in [5.74, 6) is 0.583. The number of ketones is 1. The number of carbonyl (C=O) groups excluding carboxylic acids is 1. The van der Waals surface area contributed by atoms with Gasteiger partial charge in [-0.1, -0.05) is 6.92 Å². The zero-order chi connectivity index (χ0) is 9.14. The van der Waals surface area contributed by atoms with Gasteiger partial charge in [0.05, 0.1) is 0 Å². The van der Waals surface area contributed by atoms with Crippen LogP contribution in [-0.2, 0) is 4.79 Å². The fourth-order valence-electron chi connectivity index (χ4n) is 1.61. The number of hydrogen-bond acceptors (Lipinski definition) is 2. The molecule has 68 valence electrons. The number of nitrogens with zero attached hydrogens (tertiary/aromatic N) is 1. The molecule has 2 heteroatoms. The van der Waals surface area contributed by atoms with Gasteiger partial charge in [0.25, 0.3) is 0 Å². The molecule has 1 rings (SSSR count). The first-order valence-corrected chi connectivity index (χ1v) is 4.52. The van der Waals surface area contributed by atoms with Crippen LogP contribution in [0.4, 0.5) is 0 Å². The average Bonchev–Trinajstić information content (AvgIpc) is 1.98. The number of allylic oxidation sites excluding steroid dienone is 1. The molecule has 0 aromatic carbocycles. The SMILES string of the molecule is CC1CCC/C(=C\N(C)C)C1=O. The minimum absolute atomic E-state index is 0.241. The molecule has 0 bridgehead atoms. The molecule has 0 saturated heterocycles. The zero-order valence-electron chi connectivity index (χ0n) is 8.13. The first-order valence-electron chi connectivity index (χ1n) is 4.52. The minimum atomic E-state index is 0.241. The predicted molar refractivity (Wildman–Crippen MR) is 49.8 cm³/mol. The number of carbonyl (C=O) groups is 1. The van der Waals surface area contributed by atoms with Crippen molar-refractivity contribution in [2.24, 2.45) is 5.92 Å². The van der Waals surface area contributed by atoms with Gasteiger partial charge >= 0.3 is 0 Å². The Morgan fingerprint density at radius 1 is 1.50 bits per heavy atom. The summed E-state index contributed by atoms with van der Waals surface area (Å²) in [6, 6.07) is 0. The van der Waals surface area contributed by atoms with Crippen molar-refractivity contribution in [1.29, 1.82) is 0 Å². The number of hydrogen-bond donors (Lipinski definition) is 0. The molecule has 0 N–H and O–H groups in total. The second kappa shape index (κ2) is 3.74. The highest BCUT2D eigenvalue weighted by Crippen LogP contribution is 2.24. The van der Waals surface area contributed by atoms with Crippen molar-refractivity contribution in [3.63, 3.8) is 0 Å². The van der Waals surface area contributed by atoms with E-state index >= 15 is 0 Å². The van der Waals surface area contributed by atoms with E-state index in [1.165, 1.54) is 0 Å². The van der Waals surface area contributed by atoms with Gasteiger partial charge in [-0.25, -0.2) is 0 Å². The Balaban J connectivity index is 2.70. The van der Waals surface area contributed by atoms with Crippen LogP contribution in [0.5, 0.6) is 0 Å².